The SMILES string of the molecule is CCN1C[C@@H](C)CO1. The van der Waals surface area contributed by atoms with Gasteiger partial charge in [-0.05, 0) is 5.92 Å². The van der Waals surface area contributed by atoms with Gasteiger partial charge in [0, 0.05) is 13.1 Å². The maximum Gasteiger partial charge on any atom is 0.0723 e. The monoisotopic (exact) mass is 115 g/mol. The normalized spacial score (nSPS) is 31.5. The summed E-state index contributed by atoms with van der Waals surface area (Å²) in [5, 5.41) is 2.00. The molecule has 0 unspecified atom stereocenters. The standard InChI is InChI=1S/C6H13NO/c1-3-7-4-6(2)5-8-7/h6H,3-5H2,1-2H3/t6-/m1/s1. The lowest BCUT2D eigenvalue weighted by molar-refractivity contribution is -0.105. The van der Waals surface area contributed by atoms with Crippen LogP contribution in [0.5, 0.6) is 0 Å². The van der Waals surface area contributed by atoms with Gasteiger partial charge < -0.3 is 0 Å². The predicted octanol–water partition coefficient (Wildman–Crippen LogP) is 0.890. The molecule has 1 aliphatic heterocycles. The van der Waals surface area contributed by atoms with Crippen LogP contribution in [-0.2, 0) is 4.84 Å². The number of hydrogen-bond donors (Lipinski definition) is 0. The van der Waals surface area contributed by atoms with Crippen LogP contribution in [0.25, 0.3) is 0 Å². The molecule has 0 aromatic carbocycles. The van der Waals surface area contributed by atoms with E-state index in [9.17, 15) is 0 Å². The molecule has 1 saturated heterocycles. The fourth-order valence-corrected chi connectivity index (χ4v) is 0.906. The van der Waals surface area contributed by atoms with Crippen LogP contribution in [0.15, 0.2) is 0 Å². The van der Waals surface area contributed by atoms with Crippen LogP contribution >= 0.6 is 0 Å². The summed E-state index contributed by atoms with van der Waals surface area (Å²) in [5.41, 5.74) is 0. The van der Waals surface area contributed by atoms with Crippen LogP contribution in [-0.4, -0.2) is 24.8 Å². The number of hydrogen-bond acceptors (Lipinski definition) is 2. The molecule has 0 saturated carbocycles. The molecule has 0 aromatic rings. The number of nitrogens with zero attached hydrogens (tertiary/aromatic N) is 1. The topological polar surface area (TPSA) is 12.5 Å². The summed E-state index contributed by atoms with van der Waals surface area (Å²) in [6, 6.07) is 0. The molecule has 0 N–H and O–H groups in total. The van der Waals surface area contributed by atoms with Gasteiger partial charge in [-0.3, -0.25) is 4.84 Å². The Kier molecular flexibility index (Phi) is 1.86. The molecule has 0 aromatic heterocycles. The first-order chi connectivity index (χ1) is 3.83. The molecule has 1 rings (SSSR count). The van der Waals surface area contributed by atoms with Crippen molar-refractivity contribution >= 4 is 0 Å². The Balaban J connectivity index is 2.22. The third-order valence-corrected chi connectivity index (χ3v) is 1.41. The molecule has 1 atom stereocenters. The van der Waals surface area contributed by atoms with Crippen molar-refractivity contribution in [2.75, 3.05) is 19.7 Å². The second kappa shape index (κ2) is 2.46. The predicted molar refractivity (Wildman–Crippen MR) is 32.4 cm³/mol. The summed E-state index contributed by atoms with van der Waals surface area (Å²) in [4.78, 5) is 5.25. The summed E-state index contributed by atoms with van der Waals surface area (Å²) < 4.78 is 0. The van der Waals surface area contributed by atoms with Crippen LogP contribution in [0, 0.1) is 5.92 Å². The first kappa shape index (κ1) is 6.05. The van der Waals surface area contributed by atoms with Gasteiger partial charge >= 0.3 is 0 Å². The van der Waals surface area contributed by atoms with Crippen molar-refractivity contribution in [3.05, 3.63) is 0 Å². The zero-order valence-corrected chi connectivity index (χ0v) is 5.55. The van der Waals surface area contributed by atoms with E-state index in [-0.39, 0.29) is 0 Å². The van der Waals surface area contributed by atoms with Gasteiger partial charge in [-0.25, -0.2) is 0 Å². The van der Waals surface area contributed by atoms with Crippen LogP contribution in [0.4, 0.5) is 0 Å². The molecule has 0 amide bonds. The lowest BCUT2D eigenvalue weighted by Crippen LogP contribution is -2.17. The third-order valence-electron chi connectivity index (χ3n) is 1.41. The second-order valence-electron chi connectivity index (χ2n) is 2.38. The summed E-state index contributed by atoms with van der Waals surface area (Å²) in [7, 11) is 0. The first-order valence-electron chi connectivity index (χ1n) is 3.20. The Labute approximate surface area is 50.4 Å². The van der Waals surface area contributed by atoms with Crippen molar-refractivity contribution in [2.24, 2.45) is 5.92 Å². The molecule has 0 aliphatic carbocycles. The van der Waals surface area contributed by atoms with E-state index < -0.39 is 0 Å². The van der Waals surface area contributed by atoms with E-state index in [0.717, 1.165) is 25.6 Å². The molecule has 1 fully saturated rings. The molecule has 0 bridgehead atoms. The van der Waals surface area contributed by atoms with Gasteiger partial charge in [0.25, 0.3) is 0 Å². The Morgan fingerprint density at radius 3 is 2.75 bits per heavy atom. The first-order valence-corrected chi connectivity index (χ1v) is 3.20. The number of hydroxylamine groups is 2. The van der Waals surface area contributed by atoms with Gasteiger partial charge in [0.2, 0.25) is 0 Å². The van der Waals surface area contributed by atoms with Crippen molar-refractivity contribution in [1.82, 2.24) is 5.06 Å². The smallest absolute Gasteiger partial charge is 0.0723 e. The fourth-order valence-electron chi connectivity index (χ4n) is 0.906. The minimum absolute atomic E-state index is 0.731. The van der Waals surface area contributed by atoms with Crippen LogP contribution < -0.4 is 0 Å². The van der Waals surface area contributed by atoms with Crippen LogP contribution in [0.3, 0.4) is 0 Å². The minimum atomic E-state index is 0.731. The zero-order chi connectivity index (χ0) is 5.98. The van der Waals surface area contributed by atoms with Crippen LogP contribution in [0.2, 0.25) is 0 Å². The van der Waals surface area contributed by atoms with E-state index in [1.807, 2.05) is 5.06 Å². The summed E-state index contributed by atoms with van der Waals surface area (Å²) >= 11 is 0. The van der Waals surface area contributed by atoms with E-state index in [4.69, 9.17) is 4.84 Å². The van der Waals surface area contributed by atoms with Crippen molar-refractivity contribution in [2.45, 2.75) is 13.8 Å². The largest absolute Gasteiger partial charge is 0.299 e. The Bertz CT molecular complexity index is 74.9. The molecule has 2 heteroatoms. The Morgan fingerprint density at radius 1 is 1.75 bits per heavy atom. The van der Waals surface area contributed by atoms with Gasteiger partial charge in [-0.1, -0.05) is 13.8 Å². The van der Waals surface area contributed by atoms with E-state index >= 15 is 0 Å². The highest BCUT2D eigenvalue weighted by Gasteiger charge is 2.16. The Morgan fingerprint density at radius 2 is 2.50 bits per heavy atom. The average molecular weight is 115 g/mol. The highest BCUT2D eigenvalue weighted by atomic mass is 16.7. The third kappa shape index (κ3) is 1.20. The van der Waals surface area contributed by atoms with E-state index in [1.54, 1.807) is 0 Å². The van der Waals surface area contributed by atoms with Crippen molar-refractivity contribution < 1.29 is 4.84 Å². The maximum atomic E-state index is 5.25. The van der Waals surface area contributed by atoms with Gasteiger partial charge in [-0.15, -0.1) is 0 Å². The van der Waals surface area contributed by atoms with Gasteiger partial charge in [0.15, 0.2) is 0 Å². The molecule has 8 heavy (non-hydrogen) atoms. The molecular formula is C6H13NO. The second-order valence-corrected chi connectivity index (χ2v) is 2.38. The van der Waals surface area contributed by atoms with Gasteiger partial charge in [0.05, 0.1) is 6.61 Å². The maximum absolute atomic E-state index is 5.25. The van der Waals surface area contributed by atoms with Gasteiger partial charge in [-0.2, -0.15) is 5.06 Å². The van der Waals surface area contributed by atoms with Crippen molar-refractivity contribution in [3.8, 4) is 0 Å². The van der Waals surface area contributed by atoms with Crippen molar-refractivity contribution in [3.63, 3.8) is 0 Å². The molecule has 0 radical (unpaired) electrons. The van der Waals surface area contributed by atoms with Gasteiger partial charge in [0.1, 0.15) is 0 Å². The summed E-state index contributed by atoms with van der Waals surface area (Å²) in [6.45, 7) is 7.35. The van der Waals surface area contributed by atoms with Crippen molar-refractivity contribution in [1.29, 1.82) is 0 Å². The molecular weight excluding hydrogens is 102 g/mol. The quantitative estimate of drug-likeness (QED) is 0.503. The number of rotatable bonds is 1. The average Bonchev–Trinajstić information content (AvgIpc) is 2.14. The fraction of sp³-hybridized carbons (Fsp3) is 1.00. The molecule has 0 spiro atoms. The molecule has 1 aliphatic rings. The van der Waals surface area contributed by atoms with E-state index in [2.05, 4.69) is 13.8 Å². The zero-order valence-electron chi connectivity index (χ0n) is 5.55. The molecule has 2 nitrogen and oxygen atoms in total. The summed E-state index contributed by atoms with van der Waals surface area (Å²) in [6.07, 6.45) is 0. The molecule has 48 valence electrons. The highest BCUT2D eigenvalue weighted by Crippen LogP contribution is 2.09. The lowest BCUT2D eigenvalue weighted by atomic mass is 10.2. The van der Waals surface area contributed by atoms with E-state index in [0.29, 0.717) is 0 Å². The Hall–Kier alpha value is -0.0800. The lowest BCUT2D eigenvalue weighted by Gasteiger charge is -2.08. The van der Waals surface area contributed by atoms with Crippen LogP contribution in [0.1, 0.15) is 13.8 Å². The summed E-state index contributed by atoms with van der Waals surface area (Å²) in [5.74, 6) is 0.731. The minimum Gasteiger partial charge on any atom is -0.299 e. The highest BCUT2D eigenvalue weighted by molar-refractivity contribution is 4.59. The molecule has 1 heterocycles. The van der Waals surface area contributed by atoms with E-state index in [1.165, 1.54) is 0 Å².